The lowest BCUT2D eigenvalue weighted by molar-refractivity contribution is 0.172. The lowest BCUT2D eigenvalue weighted by Crippen LogP contribution is -2.37. The molecule has 192 valence electrons. The minimum Gasteiger partial charge on any atom is -0.373 e. The van der Waals surface area contributed by atoms with Gasteiger partial charge in [-0.2, -0.15) is 0 Å². The summed E-state index contributed by atoms with van der Waals surface area (Å²) in [6, 6.07) is 8.96. The first-order chi connectivity index (χ1) is 16.6. The van der Waals surface area contributed by atoms with Gasteiger partial charge in [-0.15, -0.1) is 11.3 Å². The van der Waals surface area contributed by atoms with Crippen LogP contribution in [0.3, 0.4) is 0 Å². The first kappa shape index (κ1) is 28.9. The molecule has 2 aromatic heterocycles. The second kappa shape index (κ2) is 13.7. The molecule has 1 aromatic carbocycles. The molecule has 6 N–H and O–H groups in total. The predicted molar refractivity (Wildman–Crippen MR) is 153 cm³/mol. The van der Waals surface area contributed by atoms with Crippen LogP contribution in [0.15, 0.2) is 42.4 Å². The van der Waals surface area contributed by atoms with Crippen molar-refractivity contribution in [1.82, 2.24) is 20.3 Å². The maximum atomic E-state index is 6.09. The van der Waals surface area contributed by atoms with Crippen molar-refractivity contribution in [1.29, 1.82) is 0 Å². The van der Waals surface area contributed by atoms with Gasteiger partial charge < -0.3 is 16.0 Å². The quantitative estimate of drug-likeness (QED) is 0.293. The third-order valence-electron chi connectivity index (χ3n) is 6.08. The monoisotopic (exact) mass is 497 g/mol. The topological polar surface area (TPSA) is 105 Å². The van der Waals surface area contributed by atoms with Gasteiger partial charge in [-0.05, 0) is 89.8 Å². The van der Waals surface area contributed by atoms with Gasteiger partial charge >= 0.3 is 0 Å². The number of hydrazine groups is 1. The number of hydrogen-bond donors (Lipinski definition) is 4. The summed E-state index contributed by atoms with van der Waals surface area (Å²) in [7, 11) is 3.52. The highest BCUT2D eigenvalue weighted by Crippen LogP contribution is 2.31. The van der Waals surface area contributed by atoms with E-state index in [-0.39, 0.29) is 5.54 Å². The third-order valence-corrected chi connectivity index (χ3v) is 7.11. The molecule has 1 aliphatic heterocycles. The van der Waals surface area contributed by atoms with Gasteiger partial charge in [-0.25, -0.2) is 9.97 Å². The summed E-state index contributed by atoms with van der Waals surface area (Å²) in [5, 5.41) is 8.74. The average molecular weight is 498 g/mol. The van der Waals surface area contributed by atoms with E-state index in [4.69, 9.17) is 5.73 Å². The molecule has 0 amide bonds. The molecule has 3 aromatic rings. The summed E-state index contributed by atoms with van der Waals surface area (Å²) in [6.45, 7) is 14.8. The summed E-state index contributed by atoms with van der Waals surface area (Å²) < 4.78 is 0. The molecule has 7 nitrogen and oxygen atoms in total. The smallest absolute Gasteiger partial charge is 0.126 e. The van der Waals surface area contributed by atoms with E-state index in [1.54, 1.807) is 18.4 Å². The van der Waals surface area contributed by atoms with Gasteiger partial charge in [0.05, 0.1) is 10.7 Å². The van der Waals surface area contributed by atoms with Crippen LogP contribution in [0, 0.1) is 0 Å². The van der Waals surface area contributed by atoms with E-state index in [0.29, 0.717) is 12.0 Å². The minimum atomic E-state index is -0.308. The highest BCUT2D eigenvalue weighted by atomic mass is 32.1. The molecule has 0 saturated carbocycles. The van der Waals surface area contributed by atoms with Crippen LogP contribution >= 0.6 is 11.3 Å². The Morgan fingerprint density at radius 3 is 2.34 bits per heavy atom. The first-order valence-electron chi connectivity index (χ1n) is 12.2. The fourth-order valence-corrected chi connectivity index (χ4v) is 4.90. The number of pyridine rings is 1. The molecule has 0 spiro atoms. The van der Waals surface area contributed by atoms with Gasteiger partial charge in [0, 0.05) is 41.5 Å². The highest BCUT2D eigenvalue weighted by molar-refractivity contribution is 7.09. The maximum Gasteiger partial charge on any atom is 0.126 e. The number of piperidine rings is 1. The second-order valence-electron chi connectivity index (χ2n) is 9.61. The molecule has 35 heavy (non-hydrogen) atoms. The zero-order valence-electron chi connectivity index (χ0n) is 22.1. The molecule has 8 heteroatoms. The molecule has 0 bridgehead atoms. The van der Waals surface area contributed by atoms with Crippen LogP contribution in [0.25, 0.3) is 16.8 Å². The van der Waals surface area contributed by atoms with E-state index in [9.17, 15) is 0 Å². The van der Waals surface area contributed by atoms with E-state index >= 15 is 0 Å². The van der Waals surface area contributed by atoms with Crippen LogP contribution in [-0.2, 0) is 5.54 Å². The number of anilines is 1. The van der Waals surface area contributed by atoms with Crippen LogP contribution < -0.4 is 22.3 Å². The lowest BCUT2D eigenvalue weighted by atomic mass is 9.94. The summed E-state index contributed by atoms with van der Waals surface area (Å²) in [5.74, 6) is 6.15. The lowest BCUT2D eigenvalue weighted by Gasteiger charge is -2.33. The SMILES string of the molecule is C=Cc1csc(C2CCN(C(C)C)CC2)n1.CNN.CNc1cc2cc(C(C)(C)N)ccc2cn1. The van der Waals surface area contributed by atoms with Crippen molar-refractivity contribution in [2.24, 2.45) is 11.6 Å². The van der Waals surface area contributed by atoms with E-state index in [1.165, 1.54) is 30.9 Å². The number of nitrogens with one attached hydrogen (secondary N) is 2. The fraction of sp³-hybridized carbons (Fsp3) is 0.481. The molecule has 1 fully saturated rings. The van der Waals surface area contributed by atoms with Crippen LogP contribution in [0.2, 0.25) is 0 Å². The number of nitrogens with zero attached hydrogens (tertiary/aromatic N) is 3. The standard InChI is InChI=1S/C13H17N3.C13H20N2S.CH6N2/c1-13(2,14)11-5-4-9-8-16-12(15-3)7-10(9)6-11;1-4-12-9-16-13(14-12)11-5-7-15(8-6-11)10(2)3;1-3-2/h4-8H,14H2,1-3H3,(H,15,16);4,9-11H,1,5-8H2,2-3H3;3H,2H2,1H3. The fourth-order valence-electron chi connectivity index (χ4n) is 3.92. The van der Waals surface area contributed by atoms with Gasteiger partial charge in [0.15, 0.2) is 0 Å². The molecule has 0 radical (unpaired) electrons. The first-order valence-corrected chi connectivity index (χ1v) is 13.1. The maximum absolute atomic E-state index is 6.09. The van der Waals surface area contributed by atoms with Gasteiger partial charge in [0.2, 0.25) is 0 Å². The number of fused-ring (bicyclic) bond motifs is 1. The van der Waals surface area contributed by atoms with E-state index in [0.717, 1.165) is 27.8 Å². The van der Waals surface area contributed by atoms with Gasteiger partial charge in [0.1, 0.15) is 5.82 Å². The average Bonchev–Trinajstić information content (AvgIpc) is 3.33. The molecular formula is C27H43N7S. The van der Waals surface area contributed by atoms with Gasteiger partial charge in [0.25, 0.3) is 0 Å². The van der Waals surface area contributed by atoms with E-state index in [1.807, 2.05) is 39.2 Å². The molecule has 4 rings (SSSR count). The van der Waals surface area contributed by atoms with Crippen molar-refractivity contribution < 1.29 is 0 Å². The molecule has 0 unspecified atom stereocenters. The summed E-state index contributed by atoms with van der Waals surface area (Å²) in [6.07, 6.45) is 6.21. The molecule has 3 heterocycles. The molecule has 0 atom stereocenters. The van der Waals surface area contributed by atoms with Crippen molar-refractivity contribution >= 4 is 34.0 Å². The van der Waals surface area contributed by atoms with E-state index < -0.39 is 0 Å². The van der Waals surface area contributed by atoms with Crippen molar-refractivity contribution in [2.75, 3.05) is 32.5 Å². The number of rotatable bonds is 5. The number of benzene rings is 1. The Morgan fingerprint density at radius 1 is 1.17 bits per heavy atom. The third kappa shape index (κ3) is 8.66. The van der Waals surface area contributed by atoms with Crippen molar-refractivity contribution in [3.63, 3.8) is 0 Å². The Morgan fingerprint density at radius 2 is 1.83 bits per heavy atom. The number of aromatic nitrogens is 2. The number of hydrogen-bond acceptors (Lipinski definition) is 8. The Kier molecular flexibility index (Phi) is 11.3. The summed E-state index contributed by atoms with van der Waals surface area (Å²) in [5.41, 5.74) is 10.2. The Bertz CT molecular complexity index is 1050. The van der Waals surface area contributed by atoms with Crippen molar-refractivity contribution in [2.45, 2.75) is 58.0 Å². The zero-order chi connectivity index (χ0) is 26.0. The zero-order valence-corrected chi connectivity index (χ0v) is 23.0. The largest absolute Gasteiger partial charge is 0.373 e. The Labute approximate surface area is 215 Å². The van der Waals surface area contributed by atoms with Gasteiger partial charge in [-0.1, -0.05) is 18.7 Å². The summed E-state index contributed by atoms with van der Waals surface area (Å²) in [4.78, 5) is 11.4. The molecule has 1 saturated heterocycles. The Hall–Kier alpha value is -2.36. The molecular weight excluding hydrogens is 454 g/mol. The van der Waals surface area contributed by atoms with Gasteiger partial charge in [-0.3, -0.25) is 11.3 Å². The number of nitrogens with two attached hydrogens (primary N) is 2. The van der Waals surface area contributed by atoms with Crippen molar-refractivity contribution in [3.8, 4) is 0 Å². The normalized spacial score (nSPS) is 14.7. The molecule has 0 aliphatic carbocycles. The van der Waals surface area contributed by atoms with E-state index in [2.05, 4.69) is 75.5 Å². The van der Waals surface area contributed by atoms with Crippen molar-refractivity contribution in [3.05, 3.63) is 58.7 Å². The second-order valence-corrected chi connectivity index (χ2v) is 10.5. The Balaban J connectivity index is 0.000000222. The van der Waals surface area contributed by atoms with Crippen LogP contribution in [0.4, 0.5) is 5.82 Å². The van der Waals surface area contributed by atoms with Crippen LogP contribution in [-0.4, -0.2) is 48.1 Å². The minimum absolute atomic E-state index is 0.308. The number of thiazole rings is 1. The van der Waals surface area contributed by atoms with Crippen LogP contribution in [0.5, 0.6) is 0 Å². The highest BCUT2D eigenvalue weighted by Gasteiger charge is 2.23. The predicted octanol–water partition coefficient (Wildman–Crippen LogP) is 4.92. The summed E-state index contributed by atoms with van der Waals surface area (Å²) >= 11 is 1.79. The number of likely N-dealkylation sites (tertiary alicyclic amines) is 1. The van der Waals surface area contributed by atoms with Crippen LogP contribution in [0.1, 0.15) is 62.7 Å². The molecule has 1 aliphatic rings.